The van der Waals surface area contributed by atoms with Crippen molar-refractivity contribution in [2.45, 2.75) is 32.4 Å². The molecule has 1 spiro atoms. The Hall–Kier alpha value is -3.90. The molecule has 0 saturated carbocycles. The number of anilines is 1. The Balaban J connectivity index is 1.69. The normalized spacial score (nSPS) is 18.4. The van der Waals surface area contributed by atoms with E-state index in [0.29, 0.717) is 22.8 Å². The largest absolute Gasteiger partial charge is 0.450 e. The highest BCUT2D eigenvalue weighted by Crippen LogP contribution is 2.53. The summed E-state index contributed by atoms with van der Waals surface area (Å²) < 4.78 is 6.06. The average molecular weight is 499 g/mol. The third-order valence-electron chi connectivity index (χ3n) is 7.11. The molecule has 3 heterocycles. The number of carbonyl (C=O) groups is 2. The van der Waals surface area contributed by atoms with E-state index in [4.69, 9.17) is 16.0 Å². The van der Waals surface area contributed by atoms with E-state index < -0.39 is 16.9 Å². The van der Waals surface area contributed by atoms with Gasteiger partial charge in [0, 0.05) is 23.7 Å². The van der Waals surface area contributed by atoms with Gasteiger partial charge >= 0.3 is 0 Å². The van der Waals surface area contributed by atoms with Crippen molar-refractivity contribution >= 4 is 40.1 Å². The van der Waals surface area contributed by atoms with Crippen molar-refractivity contribution in [2.24, 2.45) is 0 Å². The van der Waals surface area contributed by atoms with Crippen LogP contribution >= 0.6 is 11.6 Å². The van der Waals surface area contributed by atoms with Gasteiger partial charge < -0.3 is 14.2 Å². The van der Waals surface area contributed by atoms with Crippen LogP contribution in [0.2, 0.25) is 5.02 Å². The Labute approximate surface area is 212 Å². The number of hydrogen-bond acceptors (Lipinski definition) is 4. The van der Waals surface area contributed by atoms with Gasteiger partial charge in [-0.2, -0.15) is 0 Å². The first-order valence-electron chi connectivity index (χ1n) is 11.9. The molecular weight excluding hydrogens is 476 g/mol. The Morgan fingerprint density at radius 1 is 0.972 bits per heavy atom. The Bertz CT molecular complexity index is 1630. The van der Waals surface area contributed by atoms with Crippen molar-refractivity contribution in [2.75, 3.05) is 11.4 Å². The van der Waals surface area contributed by atoms with Crippen LogP contribution in [0.3, 0.4) is 0 Å². The number of nitrogens with zero attached hydrogens (tertiary/aromatic N) is 2. The summed E-state index contributed by atoms with van der Waals surface area (Å²) in [7, 11) is 0. The highest BCUT2D eigenvalue weighted by Gasteiger charge is 2.64. The van der Waals surface area contributed by atoms with Gasteiger partial charge in [0.1, 0.15) is 5.58 Å². The third-order valence-corrected chi connectivity index (χ3v) is 7.34. The monoisotopic (exact) mass is 498 g/mol. The number of fused-ring (bicyclic) bond motifs is 5. The Morgan fingerprint density at radius 2 is 1.72 bits per heavy atom. The summed E-state index contributed by atoms with van der Waals surface area (Å²) in [6, 6.07) is 19.9. The highest BCUT2D eigenvalue weighted by atomic mass is 35.5. The fourth-order valence-electron chi connectivity index (χ4n) is 5.51. The lowest BCUT2D eigenvalue weighted by Gasteiger charge is -2.34. The zero-order valence-electron chi connectivity index (χ0n) is 19.9. The van der Waals surface area contributed by atoms with Crippen LogP contribution in [0.15, 0.2) is 75.9 Å². The maximum Gasteiger partial charge on any atom is 0.291 e. The number of hydrogen-bond donors (Lipinski definition) is 0. The van der Waals surface area contributed by atoms with E-state index >= 15 is 0 Å². The SMILES string of the molecule is CCCN1C(=O)C2(c3ccccc31)c1c(oc3ccc(Cl)cc3c1=O)C(=O)N2Cc1ccc(C)cc1. The summed E-state index contributed by atoms with van der Waals surface area (Å²) >= 11 is 6.21. The molecule has 0 bridgehead atoms. The molecule has 4 aromatic rings. The first-order chi connectivity index (χ1) is 17.4. The number of rotatable bonds is 4. The van der Waals surface area contributed by atoms with Gasteiger partial charge in [0.2, 0.25) is 5.76 Å². The molecular formula is C29H23ClN2O4. The highest BCUT2D eigenvalue weighted by molar-refractivity contribution is 6.31. The lowest BCUT2D eigenvalue weighted by molar-refractivity contribution is -0.126. The van der Waals surface area contributed by atoms with Crippen molar-refractivity contribution in [1.29, 1.82) is 0 Å². The van der Waals surface area contributed by atoms with Crippen molar-refractivity contribution in [3.63, 3.8) is 0 Å². The summed E-state index contributed by atoms with van der Waals surface area (Å²) in [5.74, 6) is -0.900. The van der Waals surface area contributed by atoms with Crippen LogP contribution in [0.1, 0.15) is 46.2 Å². The molecule has 1 aromatic heterocycles. The van der Waals surface area contributed by atoms with E-state index in [9.17, 15) is 14.4 Å². The topological polar surface area (TPSA) is 70.8 Å². The standard InChI is InChI=1S/C29H23ClN2O4/c1-3-14-31-22-7-5-4-6-21(22)29(28(31)35)24-25(33)20-15-19(30)12-13-23(20)36-26(24)27(34)32(29)16-18-10-8-17(2)9-11-18/h4-13,15H,3,14,16H2,1-2H3. The van der Waals surface area contributed by atoms with Gasteiger partial charge in [0.05, 0.1) is 16.6 Å². The first-order valence-corrected chi connectivity index (χ1v) is 12.3. The minimum atomic E-state index is -1.62. The molecule has 6 nitrogen and oxygen atoms in total. The van der Waals surface area contributed by atoms with Crippen LogP contribution in [0.4, 0.5) is 5.69 Å². The molecule has 0 saturated heterocycles. The van der Waals surface area contributed by atoms with Gasteiger partial charge in [-0.3, -0.25) is 14.4 Å². The summed E-state index contributed by atoms with van der Waals surface area (Å²) in [6.07, 6.45) is 0.719. The summed E-state index contributed by atoms with van der Waals surface area (Å²) in [5, 5.41) is 0.611. The van der Waals surface area contributed by atoms with Crippen molar-refractivity contribution < 1.29 is 14.0 Å². The summed E-state index contributed by atoms with van der Waals surface area (Å²) in [6.45, 7) is 4.58. The summed E-state index contributed by atoms with van der Waals surface area (Å²) in [5.41, 5.74) is 1.51. The molecule has 2 aliphatic heterocycles. The average Bonchev–Trinajstić information content (AvgIpc) is 3.26. The first kappa shape index (κ1) is 22.6. The fourth-order valence-corrected chi connectivity index (χ4v) is 5.68. The second kappa shape index (κ2) is 8.07. The molecule has 3 aromatic carbocycles. The molecule has 1 unspecified atom stereocenters. The van der Waals surface area contributed by atoms with E-state index in [1.54, 1.807) is 17.0 Å². The van der Waals surface area contributed by atoms with Gasteiger partial charge in [0.15, 0.2) is 11.0 Å². The molecule has 0 aliphatic carbocycles. The number of amides is 2. The molecule has 2 aliphatic rings. The third kappa shape index (κ3) is 2.94. The van der Waals surface area contributed by atoms with E-state index in [0.717, 1.165) is 17.5 Å². The van der Waals surface area contributed by atoms with E-state index in [2.05, 4.69) is 0 Å². The predicted molar refractivity (Wildman–Crippen MR) is 138 cm³/mol. The molecule has 0 N–H and O–H groups in total. The van der Waals surface area contributed by atoms with E-state index in [1.807, 2.05) is 62.4 Å². The minimum Gasteiger partial charge on any atom is -0.450 e. The lowest BCUT2D eigenvalue weighted by atomic mass is 9.83. The maximum atomic E-state index is 14.4. The molecule has 0 fully saturated rings. The van der Waals surface area contributed by atoms with Crippen molar-refractivity contribution in [3.05, 3.63) is 110 Å². The summed E-state index contributed by atoms with van der Waals surface area (Å²) in [4.78, 5) is 45.7. The van der Waals surface area contributed by atoms with Gasteiger partial charge in [-0.05, 0) is 43.2 Å². The predicted octanol–water partition coefficient (Wildman–Crippen LogP) is 5.41. The zero-order valence-corrected chi connectivity index (χ0v) is 20.6. The van der Waals surface area contributed by atoms with Crippen molar-refractivity contribution in [1.82, 2.24) is 4.90 Å². The number of aryl methyl sites for hydroxylation is 1. The van der Waals surface area contributed by atoms with Gasteiger partial charge in [-0.1, -0.05) is 66.6 Å². The van der Waals surface area contributed by atoms with Crippen molar-refractivity contribution in [3.8, 4) is 0 Å². The van der Waals surface area contributed by atoms with Crippen LogP contribution in [0.25, 0.3) is 11.0 Å². The minimum absolute atomic E-state index is 0.0606. The second-order valence-electron chi connectivity index (χ2n) is 9.34. The number of carbonyl (C=O) groups excluding carboxylic acids is 2. The van der Waals surface area contributed by atoms with E-state index in [1.165, 1.54) is 11.0 Å². The number of benzene rings is 3. The Morgan fingerprint density at radius 3 is 2.47 bits per heavy atom. The van der Waals surface area contributed by atoms with Crippen LogP contribution in [-0.2, 0) is 16.9 Å². The van der Waals surface area contributed by atoms with Gasteiger partial charge in [-0.25, -0.2) is 0 Å². The Kier molecular flexibility index (Phi) is 5.05. The molecule has 6 rings (SSSR count). The number of halogens is 1. The van der Waals surface area contributed by atoms with Gasteiger partial charge in [-0.15, -0.1) is 0 Å². The molecule has 2 amide bonds. The fraction of sp³-hybridized carbons (Fsp3) is 0.207. The van der Waals surface area contributed by atoms with Crippen LogP contribution < -0.4 is 10.3 Å². The molecule has 180 valence electrons. The number of para-hydroxylation sites is 1. The zero-order chi connectivity index (χ0) is 25.2. The van der Waals surface area contributed by atoms with Crippen LogP contribution in [-0.4, -0.2) is 23.3 Å². The van der Waals surface area contributed by atoms with Crippen LogP contribution in [0, 0.1) is 6.92 Å². The van der Waals surface area contributed by atoms with E-state index in [-0.39, 0.29) is 34.7 Å². The lowest BCUT2D eigenvalue weighted by Crippen LogP contribution is -2.53. The van der Waals surface area contributed by atoms with Gasteiger partial charge in [0.25, 0.3) is 11.8 Å². The molecule has 36 heavy (non-hydrogen) atoms. The van der Waals surface area contributed by atoms with Crippen LogP contribution in [0.5, 0.6) is 0 Å². The second-order valence-corrected chi connectivity index (χ2v) is 9.77. The molecule has 0 radical (unpaired) electrons. The smallest absolute Gasteiger partial charge is 0.291 e. The maximum absolute atomic E-state index is 14.4. The molecule has 1 atom stereocenters. The quantitative estimate of drug-likeness (QED) is 0.377. The molecule has 7 heteroatoms.